The minimum Gasteiger partial charge on any atom is -0.492 e. The van der Waals surface area contributed by atoms with Gasteiger partial charge >= 0.3 is 0 Å². The standard InChI is InChI=1S/C10H11Br2NO2/c1-3-15-10-5-8(12)7(11)4-9(10)13-6(2)14/h4-5H,3H2,1-2H3,(H,13,14). The average Bonchev–Trinajstić information content (AvgIpc) is 2.13. The fourth-order valence-corrected chi connectivity index (χ4v) is 1.76. The summed E-state index contributed by atoms with van der Waals surface area (Å²) in [5.74, 6) is 0.535. The Labute approximate surface area is 105 Å². The van der Waals surface area contributed by atoms with Crippen LogP contribution in [-0.4, -0.2) is 12.5 Å². The third-order valence-electron chi connectivity index (χ3n) is 1.63. The number of halogens is 2. The molecule has 0 bridgehead atoms. The summed E-state index contributed by atoms with van der Waals surface area (Å²) in [5.41, 5.74) is 0.666. The van der Waals surface area contributed by atoms with E-state index >= 15 is 0 Å². The van der Waals surface area contributed by atoms with E-state index in [0.717, 1.165) is 8.95 Å². The van der Waals surface area contributed by atoms with Crippen molar-refractivity contribution in [2.45, 2.75) is 13.8 Å². The molecule has 0 aliphatic heterocycles. The van der Waals surface area contributed by atoms with Crippen LogP contribution in [0.1, 0.15) is 13.8 Å². The summed E-state index contributed by atoms with van der Waals surface area (Å²) in [6.45, 7) is 3.92. The molecule has 5 heteroatoms. The maximum atomic E-state index is 11.0. The second-order valence-corrected chi connectivity index (χ2v) is 4.59. The van der Waals surface area contributed by atoms with Gasteiger partial charge in [-0.05, 0) is 50.9 Å². The molecular weight excluding hydrogens is 326 g/mol. The van der Waals surface area contributed by atoms with Crippen LogP contribution in [0.3, 0.4) is 0 Å². The molecule has 0 unspecified atom stereocenters. The van der Waals surface area contributed by atoms with Crippen molar-refractivity contribution in [2.24, 2.45) is 0 Å². The molecule has 0 saturated carbocycles. The highest BCUT2D eigenvalue weighted by Crippen LogP contribution is 2.34. The average molecular weight is 337 g/mol. The van der Waals surface area contributed by atoms with Crippen molar-refractivity contribution in [3.05, 3.63) is 21.1 Å². The van der Waals surface area contributed by atoms with Gasteiger partial charge in [-0.1, -0.05) is 0 Å². The van der Waals surface area contributed by atoms with Gasteiger partial charge in [0.25, 0.3) is 0 Å². The monoisotopic (exact) mass is 335 g/mol. The molecule has 1 rings (SSSR count). The quantitative estimate of drug-likeness (QED) is 0.916. The third-order valence-corrected chi connectivity index (χ3v) is 3.48. The molecular formula is C10H11Br2NO2. The molecule has 1 aromatic carbocycles. The number of ether oxygens (including phenoxy) is 1. The van der Waals surface area contributed by atoms with Gasteiger partial charge in [0.15, 0.2) is 0 Å². The van der Waals surface area contributed by atoms with Crippen molar-refractivity contribution < 1.29 is 9.53 Å². The summed E-state index contributed by atoms with van der Waals surface area (Å²) >= 11 is 6.74. The van der Waals surface area contributed by atoms with E-state index in [1.54, 1.807) is 6.07 Å². The van der Waals surface area contributed by atoms with E-state index in [2.05, 4.69) is 37.2 Å². The van der Waals surface area contributed by atoms with E-state index in [-0.39, 0.29) is 5.91 Å². The lowest BCUT2D eigenvalue weighted by Gasteiger charge is -2.11. The van der Waals surface area contributed by atoms with Crippen LogP contribution in [0, 0.1) is 0 Å². The van der Waals surface area contributed by atoms with Gasteiger partial charge in [-0.15, -0.1) is 0 Å². The minimum atomic E-state index is -0.120. The first-order valence-corrected chi connectivity index (χ1v) is 6.02. The van der Waals surface area contributed by atoms with Gasteiger partial charge in [0.2, 0.25) is 5.91 Å². The first-order valence-electron chi connectivity index (χ1n) is 4.44. The van der Waals surface area contributed by atoms with Crippen LogP contribution in [-0.2, 0) is 4.79 Å². The summed E-state index contributed by atoms with van der Waals surface area (Å²) in [6, 6.07) is 3.62. The Morgan fingerprint density at radius 1 is 1.40 bits per heavy atom. The zero-order valence-electron chi connectivity index (χ0n) is 8.43. The normalized spacial score (nSPS) is 9.87. The summed E-state index contributed by atoms with van der Waals surface area (Å²) in [7, 11) is 0. The lowest BCUT2D eigenvalue weighted by atomic mass is 10.3. The Balaban J connectivity index is 3.09. The summed E-state index contributed by atoms with van der Waals surface area (Å²) in [6.07, 6.45) is 0. The summed E-state index contributed by atoms with van der Waals surface area (Å²) < 4.78 is 7.17. The predicted molar refractivity (Wildman–Crippen MR) is 67.3 cm³/mol. The van der Waals surface area contributed by atoms with Crippen molar-refractivity contribution in [3.63, 3.8) is 0 Å². The van der Waals surface area contributed by atoms with Crippen molar-refractivity contribution in [1.82, 2.24) is 0 Å². The van der Waals surface area contributed by atoms with Gasteiger partial charge in [0.1, 0.15) is 5.75 Å². The molecule has 0 fully saturated rings. The number of carbonyl (C=O) groups is 1. The predicted octanol–water partition coefficient (Wildman–Crippen LogP) is 3.57. The molecule has 0 aliphatic carbocycles. The minimum absolute atomic E-state index is 0.120. The van der Waals surface area contributed by atoms with Crippen molar-refractivity contribution >= 4 is 43.5 Å². The van der Waals surface area contributed by atoms with Crippen LogP contribution in [0.4, 0.5) is 5.69 Å². The van der Waals surface area contributed by atoms with E-state index in [0.29, 0.717) is 18.0 Å². The second-order valence-electron chi connectivity index (χ2n) is 2.88. The Morgan fingerprint density at radius 2 is 2.00 bits per heavy atom. The van der Waals surface area contributed by atoms with Crippen LogP contribution < -0.4 is 10.1 Å². The molecule has 0 spiro atoms. The molecule has 1 aromatic rings. The topological polar surface area (TPSA) is 38.3 Å². The van der Waals surface area contributed by atoms with E-state index in [4.69, 9.17) is 4.74 Å². The fourth-order valence-electron chi connectivity index (χ4n) is 1.09. The lowest BCUT2D eigenvalue weighted by molar-refractivity contribution is -0.114. The first kappa shape index (κ1) is 12.5. The van der Waals surface area contributed by atoms with Gasteiger partial charge in [-0.25, -0.2) is 0 Å². The Morgan fingerprint density at radius 3 is 2.53 bits per heavy atom. The highest BCUT2D eigenvalue weighted by atomic mass is 79.9. The van der Waals surface area contributed by atoms with Crippen LogP contribution in [0.2, 0.25) is 0 Å². The maximum absolute atomic E-state index is 11.0. The van der Waals surface area contributed by atoms with Gasteiger partial charge in [0.05, 0.1) is 12.3 Å². The number of rotatable bonds is 3. The van der Waals surface area contributed by atoms with E-state index in [1.165, 1.54) is 6.92 Å². The number of anilines is 1. The fraction of sp³-hybridized carbons (Fsp3) is 0.300. The number of carbonyl (C=O) groups excluding carboxylic acids is 1. The van der Waals surface area contributed by atoms with Crippen LogP contribution >= 0.6 is 31.9 Å². The Hall–Kier alpha value is -0.550. The lowest BCUT2D eigenvalue weighted by Crippen LogP contribution is -2.08. The zero-order chi connectivity index (χ0) is 11.4. The molecule has 0 heterocycles. The largest absolute Gasteiger partial charge is 0.492 e. The molecule has 3 nitrogen and oxygen atoms in total. The molecule has 0 radical (unpaired) electrons. The Bertz CT molecular complexity index is 380. The molecule has 1 amide bonds. The van der Waals surface area contributed by atoms with E-state index in [9.17, 15) is 4.79 Å². The number of benzene rings is 1. The number of hydrogen-bond acceptors (Lipinski definition) is 2. The van der Waals surface area contributed by atoms with Crippen LogP contribution in [0.5, 0.6) is 5.75 Å². The zero-order valence-corrected chi connectivity index (χ0v) is 11.6. The number of hydrogen-bond donors (Lipinski definition) is 1. The summed E-state index contributed by atoms with van der Waals surface area (Å²) in [4.78, 5) is 11.0. The maximum Gasteiger partial charge on any atom is 0.221 e. The van der Waals surface area contributed by atoms with Gasteiger partial charge in [-0.2, -0.15) is 0 Å². The molecule has 1 N–H and O–H groups in total. The first-order chi connectivity index (χ1) is 7.04. The Kier molecular flexibility index (Phi) is 4.60. The summed E-state index contributed by atoms with van der Waals surface area (Å²) in [5, 5.41) is 2.71. The van der Waals surface area contributed by atoms with Gasteiger partial charge in [0, 0.05) is 15.9 Å². The van der Waals surface area contributed by atoms with Crippen molar-refractivity contribution in [1.29, 1.82) is 0 Å². The highest BCUT2D eigenvalue weighted by molar-refractivity contribution is 9.13. The van der Waals surface area contributed by atoms with Crippen LogP contribution in [0.25, 0.3) is 0 Å². The van der Waals surface area contributed by atoms with Crippen LogP contribution in [0.15, 0.2) is 21.1 Å². The molecule has 15 heavy (non-hydrogen) atoms. The number of amides is 1. The van der Waals surface area contributed by atoms with Gasteiger partial charge in [-0.3, -0.25) is 4.79 Å². The number of nitrogens with one attached hydrogen (secondary N) is 1. The molecule has 0 saturated heterocycles. The van der Waals surface area contributed by atoms with Crippen molar-refractivity contribution in [3.8, 4) is 5.75 Å². The second kappa shape index (κ2) is 5.51. The molecule has 0 atom stereocenters. The van der Waals surface area contributed by atoms with Gasteiger partial charge < -0.3 is 10.1 Å². The molecule has 82 valence electrons. The van der Waals surface area contributed by atoms with E-state index in [1.807, 2.05) is 13.0 Å². The molecule has 0 aliphatic rings. The van der Waals surface area contributed by atoms with Crippen molar-refractivity contribution in [2.75, 3.05) is 11.9 Å². The third kappa shape index (κ3) is 3.50. The van der Waals surface area contributed by atoms with E-state index < -0.39 is 0 Å². The smallest absolute Gasteiger partial charge is 0.221 e. The molecule has 0 aromatic heterocycles. The highest BCUT2D eigenvalue weighted by Gasteiger charge is 2.08. The SMILES string of the molecule is CCOc1cc(Br)c(Br)cc1NC(C)=O.